The molecule has 1 rings (SSSR count). The van der Waals surface area contributed by atoms with E-state index in [1.807, 2.05) is 32.8 Å². The Morgan fingerprint density at radius 1 is 0.886 bits per heavy atom. The van der Waals surface area contributed by atoms with Gasteiger partial charge in [0.25, 0.3) is 0 Å². The second-order valence-electron chi connectivity index (χ2n) is 8.85. The predicted molar refractivity (Wildman–Crippen MR) is 128 cm³/mol. The zero-order chi connectivity index (χ0) is 26.9. The minimum absolute atomic E-state index is 0.0179. The van der Waals surface area contributed by atoms with E-state index in [0.29, 0.717) is 6.54 Å². The summed E-state index contributed by atoms with van der Waals surface area (Å²) in [5, 5.41) is 6.37. The van der Waals surface area contributed by atoms with Gasteiger partial charge in [0.05, 0.1) is 0 Å². The van der Waals surface area contributed by atoms with Crippen LogP contribution >= 0.6 is 12.2 Å². The molecule has 1 saturated heterocycles. The average molecular weight is 520 g/mol. The lowest BCUT2D eigenvalue weighted by Crippen LogP contribution is -2.67. The SMILES string of the molecule is CC(=O)OC[C@H]1O[C@@H](NC(=S)N[C@@H](CN(C)C)C(C)C)[C@H](OC(C)=O)[C@@H](OC(C)=O)[C@@H]1OC(C)=O. The van der Waals surface area contributed by atoms with Crippen LogP contribution in [0.25, 0.3) is 0 Å². The highest BCUT2D eigenvalue weighted by atomic mass is 32.1. The zero-order valence-corrected chi connectivity index (χ0v) is 22.3. The maximum absolute atomic E-state index is 11.9. The predicted octanol–water partition coefficient (Wildman–Crippen LogP) is 0.120. The Hall–Kier alpha value is -2.51. The first-order chi connectivity index (χ1) is 16.2. The largest absolute Gasteiger partial charge is 0.463 e. The van der Waals surface area contributed by atoms with Gasteiger partial charge in [-0.1, -0.05) is 13.8 Å². The molecule has 0 amide bonds. The molecule has 0 aromatic heterocycles. The average Bonchev–Trinajstić information content (AvgIpc) is 2.69. The maximum Gasteiger partial charge on any atom is 0.303 e. The van der Waals surface area contributed by atoms with Gasteiger partial charge in [-0.05, 0) is 32.2 Å². The second-order valence-corrected chi connectivity index (χ2v) is 9.26. The van der Waals surface area contributed by atoms with Gasteiger partial charge in [-0.2, -0.15) is 0 Å². The molecule has 13 heteroatoms. The number of carbonyl (C=O) groups is 4. The number of hydrogen-bond acceptors (Lipinski definition) is 11. The van der Waals surface area contributed by atoms with Crippen molar-refractivity contribution in [1.29, 1.82) is 0 Å². The van der Waals surface area contributed by atoms with Gasteiger partial charge >= 0.3 is 23.9 Å². The Morgan fingerprint density at radius 2 is 1.40 bits per heavy atom. The van der Waals surface area contributed by atoms with E-state index in [1.54, 1.807) is 0 Å². The third-order valence-corrected chi connectivity index (χ3v) is 5.18. The summed E-state index contributed by atoms with van der Waals surface area (Å²) in [6.45, 7) is 9.17. The lowest BCUT2D eigenvalue weighted by molar-refractivity contribution is -0.255. The van der Waals surface area contributed by atoms with Crippen LogP contribution in [0.3, 0.4) is 0 Å². The fraction of sp³-hybridized carbons (Fsp3) is 0.773. The maximum atomic E-state index is 11.9. The highest BCUT2D eigenvalue weighted by Crippen LogP contribution is 2.28. The molecular weight excluding hydrogens is 482 g/mol. The van der Waals surface area contributed by atoms with E-state index in [2.05, 4.69) is 10.6 Å². The molecule has 0 saturated carbocycles. The minimum Gasteiger partial charge on any atom is -0.463 e. The number of hydrogen-bond donors (Lipinski definition) is 2. The molecular formula is C22H37N3O9S. The van der Waals surface area contributed by atoms with Gasteiger partial charge in [0.15, 0.2) is 29.7 Å². The molecule has 1 aliphatic heterocycles. The number of rotatable bonds is 10. The Bertz CT molecular complexity index is 777. The first-order valence-corrected chi connectivity index (χ1v) is 11.6. The normalized spacial score (nSPS) is 24.8. The van der Waals surface area contributed by atoms with E-state index < -0.39 is 54.5 Å². The highest BCUT2D eigenvalue weighted by Gasteiger charge is 2.52. The van der Waals surface area contributed by atoms with Crippen molar-refractivity contribution < 1.29 is 42.9 Å². The van der Waals surface area contributed by atoms with Gasteiger partial charge in [0, 0.05) is 40.3 Å². The number of esters is 4. The van der Waals surface area contributed by atoms with Crippen molar-refractivity contribution in [3.05, 3.63) is 0 Å². The van der Waals surface area contributed by atoms with Gasteiger partial charge in [-0.15, -0.1) is 0 Å². The van der Waals surface area contributed by atoms with E-state index in [4.69, 9.17) is 35.9 Å². The Labute approximate surface area is 211 Å². The van der Waals surface area contributed by atoms with E-state index in [0.717, 1.165) is 13.8 Å². The molecule has 1 heterocycles. The summed E-state index contributed by atoms with van der Waals surface area (Å²) in [6, 6.07) is -0.0179. The van der Waals surface area contributed by atoms with E-state index in [9.17, 15) is 19.2 Å². The third kappa shape index (κ3) is 10.7. The van der Waals surface area contributed by atoms with E-state index in [-0.39, 0.29) is 23.7 Å². The molecule has 0 bridgehead atoms. The quantitative estimate of drug-likeness (QED) is 0.229. The molecule has 1 aliphatic rings. The zero-order valence-electron chi connectivity index (χ0n) is 21.5. The van der Waals surface area contributed by atoms with Crippen LogP contribution in [0.5, 0.6) is 0 Å². The van der Waals surface area contributed by atoms with E-state index >= 15 is 0 Å². The van der Waals surface area contributed by atoms with E-state index in [1.165, 1.54) is 13.8 Å². The lowest BCUT2D eigenvalue weighted by Gasteiger charge is -2.44. The van der Waals surface area contributed by atoms with Crippen LogP contribution in [0, 0.1) is 5.92 Å². The Balaban J connectivity index is 3.30. The third-order valence-electron chi connectivity index (χ3n) is 4.95. The summed E-state index contributed by atoms with van der Waals surface area (Å²) in [7, 11) is 3.87. The van der Waals surface area contributed by atoms with Crippen LogP contribution in [-0.2, 0) is 42.9 Å². The van der Waals surface area contributed by atoms with Gasteiger partial charge in [-0.25, -0.2) is 0 Å². The summed E-state index contributed by atoms with van der Waals surface area (Å²) < 4.78 is 27.3. The van der Waals surface area contributed by atoms with Crippen LogP contribution < -0.4 is 10.6 Å². The molecule has 0 aromatic rings. The standard InChI is InChI=1S/C22H37N3O9S/c1-11(2)16(9-25(7)8)23-22(35)24-21-20(33-15(6)29)19(32-14(5)28)18(31-13(4)27)17(34-21)10-30-12(3)26/h11,16-21H,9-10H2,1-8H3,(H2,23,24,35)/t16-,17+,18+,19-,20+,21+/m0/s1. The molecule has 2 N–H and O–H groups in total. The molecule has 6 atom stereocenters. The van der Waals surface area contributed by atoms with Crippen LogP contribution in [0.4, 0.5) is 0 Å². The second kappa shape index (κ2) is 14.1. The lowest BCUT2D eigenvalue weighted by atomic mass is 9.97. The van der Waals surface area contributed by atoms with Gasteiger partial charge in [-0.3, -0.25) is 19.2 Å². The van der Waals surface area contributed by atoms with Gasteiger partial charge in [0.2, 0.25) is 0 Å². The van der Waals surface area contributed by atoms with Crippen molar-refractivity contribution in [2.24, 2.45) is 5.92 Å². The van der Waals surface area contributed by atoms with Crippen molar-refractivity contribution >= 4 is 41.2 Å². The minimum atomic E-state index is -1.27. The summed E-state index contributed by atoms with van der Waals surface area (Å²) >= 11 is 5.48. The summed E-state index contributed by atoms with van der Waals surface area (Å²) in [5.74, 6) is -2.45. The molecule has 0 spiro atoms. The number of nitrogens with zero attached hydrogens (tertiary/aromatic N) is 1. The fourth-order valence-electron chi connectivity index (χ4n) is 3.50. The smallest absolute Gasteiger partial charge is 0.303 e. The van der Waals surface area contributed by atoms with Crippen molar-refractivity contribution in [1.82, 2.24) is 15.5 Å². The molecule has 0 unspecified atom stereocenters. The monoisotopic (exact) mass is 519 g/mol. The van der Waals surface area contributed by atoms with Crippen molar-refractivity contribution in [3.63, 3.8) is 0 Å². The molecule has 200 valence electrons. The number of nitrogens with one attached hydrogen (secondary N) is 2. The van der Waals surface area contributed by atoms with Gasteiger partial charge in [0.1, 0.15) is 12.7 Å². The summed E-state index contributed by atoms with van der Waals surface area (Å²) in [4.78, 5) is 49.1. The highest BCUT2D eigenvalue weighted by molar-refractivity contribution is 7.80. The molecule has 1 fully saturated rings. The van der Waals surface area contributed by atoms with Crippen LogP contribution in [0.2, 0.25) is 0 Å². The molecule has 0 radical (unpaired) electrons. The van der Waals surface area contributed by atoms with Crippen LogP contribution in [-0.4, -0.2) is 97.8 Å². The Morgan fingerprint density at radius 3 is 1.86 bits per heavy atom. The summed E-state index contributed by atoms with van der Waals surface area (Å²) in [6.07, 6.45) is -5.90. The first kappa shape index (κ1) is 30.5. The van der Waals surface area contributed by atoms with Gasteiger partial charge < -0.3 is 39.2 Å². The fourth-order valence-corrected chi connectivity index (χ4v) is 3.77. The topological polar surface area (TPSA) is 142 Å². The number of likely N-dealkylation sites (N-methyl/N-ethyl adjacent to an activating group) is 1. The van der Waals surface area contributed by atoms with Crippen LogP contribution in [0.15, 0.2) is 0 Å². The van der Waals surface area contributed by atoms with Crippen molar-refractivity contribution in [2.45, 2.75) is 78.2 Å². The molecule has 12 nitrogen and oxygen atoms in total. The molecule has 35 heavy (non-hydrogen) atoms. The Kier molecular flexibility index (Phi) is 12.3. The van der Waals surface area contributed by atoms with Crippen molar-refractivity contribution in [2.75, 3.05) is 27.2 Å². The first-order valence-electron chi connectivity index (χ1n) is 11.2. The summed E-state index contributed by atoms with van der Waals surface area (Å²) in [5.41, 5.74) is 0. The van der Waals surface area contributed by atoms with Crippen molar-refractivity contribution in [3.8, 4) is 0 Å². The number of ether oxygens (including phenoxy) is 5. The van der Waals surface area contributed by atoms with Crippen LogP contribution in [0.1, 0.15) is 41.5 Å². The molecule has 0 aliphatic carbocycles. The number of carbonyl (C=O) groups excluding carboxylic acids is 4. The molecule has 0 aromatic carbocycles. The number of thiocarbonyl (C=S) groups is 1.